The van der Waals surface area contributed by atoms with Crippen LogP contribution < -0.4 is 10.9 Å². The average molecular weight is 431 g/mol. The van der Waals surface area contributed by atoms with E-state index >= 15 is 0 Å². The second-order valence-electron chi connectivity index (χ2n) is 6.17. The molecule has 2 heterocycles. The van der Waals surface area contributed by atoms with Gasteiger partial charge in [0.2, 0.25) is 5.91 Å². The zero-order chi connectivity index (χ0) is 19.4. The summed E-state index contributed by atoms with van der Waals surface area (Å²) in [5, 5.41) is 7.46. The summed E-state index contributed by atoms with van der Waals surface area (Å²) in [4.78, 5) is 28.4. The molecule has 1 saturated heterocycles. The average Bonchev–Trinajstić information content (AvgIpc) is 2.65. The van der Waals surface area contributed by atoms with Gasteiger partial charge in [-0.25, -0.2) is 4.68 Å². The van der Waals surface area contributed by atoms with E-state index in [1.54, 1.807) is 12.1 Å². The van der Waals surface area contributed by atoms with Gasteiger partial charge in [-0.1, -0.05) is 46.9 Å². The molecule has 1 aliphatic rings. The smallest absolute Gasteiger partial charge is 0.288 e. The number of anilines is 1. The molecule has 0 bridgehead atoms. The lowest BCUT2D eigenvalue weighted by Crippen LogP contribution is -2.49. The lowest BCUT2D eigenvalue weighted by Gasteiger charge is -2.34. The number of rotatable bonds is 5. The predicted octanol–water partition coefficient (Wildman–Crippen LogP) is 2.42. The number of hydrogen-bond acceptors (Lipinski definition) is 5. The molecule has 2 aromatic rings. The summed E-state index contributed by atoms with van der Waals surface area (Å²) in [6.45, 7) is 3.42. The second-order valence-corrected chi connectivity index (χ2v) is 7.37. The third kappa shape index (κ3) is 5.21. The van der Waals surface area contributed by atoms with E-state index in [9.17, 15) is 9.59 Å². The Morgan fingerprint density at radius 3 is 2.41 bits per heavy atom. The van der Waals surface area contributed by atoms with Gasteiger partial charge in [0, 0.05) is 26.2 Å². The fraction of sp³-hybridized carbons (Fsp3) is 0.353. The third-order valence-electron chi connectivity index (χ3n) is 4.26. The van der Waals surface area contributed by atoms with Crippen LogP contribution in [0.5, 0.6) is 0 Å². The number of nitrogens with one attached hydrogen (secondary N) is 1. The Labute approximate surface area is 171 Å². The van der Waals surface area contributed by atoms with Crippen molar-refractivity contribution in [3.63, 3.8) is 0 Å². The van der Waals surface area contributed by atoms with Gasteiger partial charge in [0.1, 0.15) is 5.02 Å². The zero-order valence-corrected chi connectivity index (χ0v) is 16.6. The van der Waals surface area contributed by atoms with Crippen molar-refractivity contribution in [1.29, 1.82) is 0 Å². The predicted molar refractivity (Wildman–Crippen MR) is 107 cm³/mol. The molecular formula is C17H18Cl3N5O2. The summed E-state index contributed by atoms with van der Waals surface area (Å²) < 4.78 is 1.29. The molecule has 3 rings (SSSR count). The largest absolute Gasteiger partial charge is 0.324 e. The van der Waals surface area contributed by atoms with Gasteiger partial charge in [0.15, 0.2) is 0 Å². The van der Waals surface area contributed by atoms with Crippen LogP contribution in [0.25, 0.3) is 0 Å². The Kier molecular flexibility index (Phi) is 6.73. The van der Waals surface area contributed by atoms with E-state index in [1.165, 1.54) is 10.9 Å². The molecular weight excluding hydrogens is 413 g/mol. The van der Waals surface area contributed by atoms with Gasteiger partial charge in [-0.15, -0.1) is 0 Å². The van der Waals surface area contributed by atoms with Crippen LogP contribution in [0, 0.1) is 0 Å². The Balaban J connectivity index is 1.49. The van der Waals surface area contributed by atoms with E-state index in [0.717, 1.165) is 0 Å². The van der Waals surface area contributed by atoms with E-state index in [1.807, 2.05) is 17.0 Å². The van der Waals surface area contributed by atoms with Crippen LogP contribution >= 0.6 is 34.8 Å². The third-order valence-corrected chi connectivity index (χ3v) is 5.33. The summed E-state index contributed by atoms with van der Waals surface area (Å²) in [5.74, 6) is -0.112. The first-order valence-electron chi connectivity index (χ1n) is 8.34. The first kappa shape index (κ1) is 20.1. The molecule has 0 spiro atoms. The fourth-order valence-corrected chi connectivity index (χ4v) is 3.23. The fourth-order valence-electron chi connectivity index (χ4n) is 2.78. The highest BCUT2D eigenvalue weighted by atomic mass is 35.5. The Hall–Kier alpha value is -1.64. The number of piperazine rings is 1. The van der Waals surface area contributed by atoms with E-state index < -0.39 is 5.56 Å². The van der Waals surface area contributed by atoms with Crippen LogP contribution in [0.2, 0.25) is 15.1 Å². The molecule has 1 N–H and O–H groups in total. The number of hydrogen-bond donors (Lipinski definition) is 1. The highest BCUT2D eigenvalue weighted by Gasteiger charge is 2.20. The molecule has 0 unspecified atom stereocenters. The highest BCUT2D eigenvalue weighted by molar-refractivity contribution is 6.41. The molecule has 1 fully saturated rings. The van der Waals surface area contributed by atoms with Crippen LogP contribution in [-0.4, -0.2) is 58.2 Å². The number of halogens is 3. The maximum absolute atomic E-state index is 12.2. The normalized spacial score (nSPS) is 15.7. The summed E-state index contributed by atoms with van der Waals surface area (Å²) in [7, 11) is 0. The summed E-state index contributed by atoms with van der Waals surface area (Å²) in [5.41, 5.74) is 0.193. The first-order valence-corrected chi connectivity index (χ1v) is 9.47. The molecule has 1 amide bonds. The Morgan fingerprint density at radius 1 is 1.04 bits per heavy atom. The van der Waals surface area contributed by atoms with Crippen LogP contribution in [0.3, 0.4) is 0 Å². The standard InChI is InChI=1S/C17H18Cl3N5O2/c18-12-3-1-2-4-14(12)22-15(26)10-23-5-7-24(8-6-23)11-25-17(27)16(20)13(19)9-21-25/h1-4,9H,5-8,10-11H2,(H,22,26). The van der Waals surface area contributed by atoms with Crippen LogP contribution in [0.1, 0.15) is 0 Å². The zero-order valence-electron chi connectivity index (χ0n) is 14.4. The van der Waals surface area contributed by atoms with Gasteiger partial charge in [-0.2, -0.15) is 5.10 Å². The van der Waals surface area contributed by atoms with Crippen molar-refractivity contribution in [1.82, 2.24) is 19.6 Å². The van der Waals surface area contributed by atoms with E-state index in [0.29, 0.717) is 43.6 Å². The summed E-state index contributed by atoms with van der Waals surface area (Å²) in [6.07, 6.45) is 1.36. The van der Waals surface area contributed by atoms with Crippen molar-refractivity contribution in [2.24, 2.45) is 0 Å². The van der Waals surface area contributed by atoms with Crippen LogP contribution in [0.15, 0.2) is 35.3 Å². The van der Waals surface area contributed by atoms with Gasteiger partial charge in [0.25, 0.3) is 5.56 Å². The molecule has 0 saturated carbocycles. The highest BCUT2D eigenvalue weighted by Crippen LogP contribution is 2.20. The van der Waals surface area contributed by atoms with Gasteiger partial charge >= 0.3 is 0 Å². The van der Waals surface area contributed by atoms with Crippen molar-refractivity contribution < 1.29 is 4.79 Å². The van der Waals surface area contributed by atoms with Crippen LogP contribution in [0.4, 0.5) is 5.69 Å². The molecule has 1 aromatic heterocycles. The molecule has 0 atom stereocenters. The first-order chi connectivity index (χ1) is 12.9. The summed E-state index contributed by atoms with van der Waals surface area (Å²) in [6, 6.07) is 7.12. The Morgan fingerprint density at radius 2 is 1.70 bits per heavy atom. The maximum atomic E-state index is 12.2. The number of carbonyl (C=O) groups excluding carboxylic acids is 1. The monoisotopic (exact) mass is 429 g/mol. The van der Waals surface area contributed by atoms with Crippen molar-refractivity contribution >= 4 is 46.4 Å². The quantitative estimate of drug-likeness (QED) is 0.789. The molecule has 10 heteroatoms. The molecule has 27 heavy (non-hydrogen) atoms. The molecule has 0 aliphatic carbocycles. The van der Waals surface area contributed by atoms with E-state index in [-0.39, 0.29) is 22.5 Å². The second kappa shape index (κ2) is 9.03. The number of nitrogens with zero attached hydrogens (tertiary/aromatic N) is 4. The minimum Gasteiger partial charge on any atom is -0.324 e. The van der Waals surface area contributed by atoms with Crippen molar-refractivity contribution in [2.75, 3.05) is 38.0 Å². The van der Waals surface area contributed by atoms with Gasteiger partial charge < -0.3 is 5.32 Å². The number of carbonyl (C=O) groups is 1. The molecule has 7 nitrogen and oxygen atoms in total. The van der Waals surface area contributed by atoms with Crippen molar-refractivity contribution in [2.45, 2.75) is 6.67 Å². The van der Waals surface area contributed by atoms with E-state index in [4.69, 9.17) is 34.8 Å². The number of para-hydroxylation sites is 1. The molecule has 0 radical (unpaired) electrons. The topological polar surface area (TPSA) is 70.5 Å². The number of benzene rings is 1. The van der Waals surface area contributed by atoms with Crippen molar-refractivity contribution in [3.8, 4) is 0 Å². The molecule has 1 aliphatic heterocycles. The van der Waals surface area contributed by atoms with Crippen molar-refractivity contribution in [3.05, 3.63) is 55.9 Å². The molecule has 1 aromatic carbocycles. The lowest BCUT2D eigenvalue weighted by molar-refractivity contribution is -0.117. The SMILES string of the molecule is O=C(CN1CCN(Cn2ncc(Cl)c(Cl)c2=O)CC1)Nc1ccccc1Cl. The van der Waals surface area contributed by atoms with Crippen LogP contribution in [-0.2, 0) is 11.5 Å². The lowest BCUT2D eigenvalue weighted by atomic mass is 10.3. The van der Waals surface area contributed by atoms with Gasteiger partial charge in [0.05, 0.1) is 35.1 Å². The minimum absolute atomic E-state index is 0.0263. The van der Waals surface area contributed by atoms with Gasteiger partial charge in [-0.05, 0) is 12.1 Å². The molecule has 144 valence electrons. The summed E-state index contributed by atoms with van der Waals surface area (Å²) >= 11 is 17.7. The maximum Gasteiger partial charge on any atom is 0.288 e. The number of amides is 1. The minimum atomic E-state index is -0.411. The van der Waals surface area contributed by atoms with E-state index in [2.05, 4.69) is 15.3 Å². The number of aromatic nitrogens is 2. The Bertz CT molecular complexity index is 881. The van der Waals surface area contributed by atoms with Gasteiger partial charge in [-0.3, -0.25) is 19.4 Å².